The number of hydrogen-bond acceptors (Lipinski definition) is 5. The van der Waals surface area contributed by atoms with Crippen LogP contribution in [0.4, 0.5) is 5.82 Å². The third-order valence-electron chi connectivity index (χ3n) is 5.12. The van der Waals surface area contributed by atoms with Crippen molar-refractivity contribution in [1.82, 2.24) is 9.88 Å². The average Bonchev–Trinajstić information content (AvgIpc) is 2.67. The van der Waals surface area contributed by atoms with Gasteiger partial charge < -0.3 is 14.7 Å². The van der Waals surface area contributed by atoms with Gasteiger partial charge in [0.05, 0.1) is 0 Å². The Kier molecular flexibility index (Phi) is 6.69. The van der Waals surface area contributed by atoms with Crippen molar-refractivity contribution in [2.45, 2.75) is 32.8 Å². The number of aromatic nitrogens is 1. The number of rotatable bonds is 7. The van der Waals surface area contributed by atoms with Crippen molar-refractivity contribution in [1.29, 1.82) is 0 Å². The molecule has 1 atom stereocenters. The first-order chi connectivity index (χ1) is 13.0. The maximum atomic E-state index is 10.4. The SMILES string of the molecule is Cc1cc(OC[C@H](O)CN2CCN(c3ccccn3)CC2)ccc1C(C)C. The molecule has 146 valence electrons. The van der Waals surface area contributed by atoms with Gasteiger partial charge in [0.1, 0.15) is 24.3 Å². The molecule has 0 aliphatic carbocycles. The van der Waals surface area contributed by atoms with Gasteiger partial charge in [0.2, 0.25) is 0 Å². The van der Waals surface area contributed by atoms with E-state index in [0.717, 1.165) is 37.7 Å². The van der Waals surface area contributed by atoms with Crippen LogP contribution in [0.15, 0.2) is 42.6 Å². The molecule has 1 aromatic carbocycles. The molecule has 1 fully saturated rings. The standard InChI is InChI=1S/C22H31N3O2/c1-17(2)21-8-7-20(14-18(21)3)27-16-19(26)15-24-10-12-25(13-11-24)22-6-4-5-9-23-22/h4-9,14,17,19,26H,10-13,15-16H2,1-3H3/t19-/m1/s1. The number of nitrogens with zero attached hydrogens (tertiary/aromatic N) is 3. The van der Waals surface area contributed by atoms with E-state index in [-0.39, 0.29) is 0 Å². The molecule has 1 aliphatic heterocycles. The van der Waals surface area contributed by atoms with E-state index in [9.17, 15) is 5.11 Å². The molecular weight excluding hydrogens is 338 g/mol. The highest BCUT2D eigenvalue weighted by molar-refractivity contribution is 5.38. The van der Waals surface area contributed by atoms with Crippen LogP contribution in [0.1, 0.15) is 30.9 Å². The summed E-state index contributed by atoms with van der Waals surface area (Å²) < 4.78 is 5.82. The molecule has 0 bridgehead atoms. The topological polar surface area (TPSA) is 48.8 Å². The van der Waals surface area contributed by atoms with Crippen molar-refractivity contribution in [3.8, 4) is 5.75 Å². The van der Waals surface area contributed by atoms with Crippen molar-refractivity contribution >= 4 is 5.82 Å². The minimum Gasteiger partial charge on any atom is -0.491 e. The van der Waals surface area contributed by atoms with E-state index in [0.29, 0.717) is 19.1 Å². The van der Waals surface area contributed by atoms with Gasteiger partial charge in [-0.25, -0.2) is 4.98 Å². The molecule has 1 saturated heterocycles. The van der Waals surface area contributed by atoms with Crippen LogP contribution in [0.3, 0.4) is 0 Å². The van der Waals surface area contributed by atoms with Gasteiger partial charge in [-0.2, -0.15) is 0 Å². The van der Waals surface area contributed by atoms with Crippen molar-refractivity contribution in [3.05, 3.63) is 53.7 Å². The zero-order valence-electron chi connectivity index (χ0n) is 16.6. The van der Waals surface area contributed by atoms with Gasteiger partial charge in [0.25, 0.3) is 0 Å². The molecule has 1 N–H and O–H groups in total. The molecule has 1 aromatic heterocycles. The summed E-state index contributed by atoms with van der Waals surface area (Å²) in [5.74, 6) is 2.37. The van der Waals surface area contributed by atoms with E-state index in [2.05, 4.69) is 47.7 Å². The van der Waals surface area contributed by atoms with Gasteiger partial charge in [0.15, 0.2) is 0 Å². The summed E-state index contributed by atoms with van der Waals surface area (Å²) in [7, 11) is 0. The number of aliphatic hydroxyl groups excluding tert-OH is 1. The summed E-state index contributed by atoms with van der Waals surface area (Å²) in [6, 6.07) is 12.2. The summed E-state index contributed by atoms with van der Waals surface area (Å²) >= 11 is 0. The number of aryl methyl sites for hydroxylation is 1. The van der Waals surface area contributed by atoms with Gasteiger partial charge in [-0.15, -0.1) is 0 Å². The summed E-state index contributed by atoms with van der Waals surface area (Å²) in [6.07, 6.45) is 1.34. The van der Waals surface area contributed by atoms with Gasteiger partial charge in [-0.05, 0) is 48.2 Å². The lowest BCUT2D eigenvalue weighted by Gasteiger charge is -2.36. The molecule has 2 heterocycles. The number of β-amino-alcohol motifs (C(OH)–C–C–N with tert-alkyl or cyclic N) is 1. The molecule has 0 saturated carbocycles. The minimum absolute atomic E-state index is 0.320. The monoisotopic (exact) mass is 369 g/mol. The first kappa shape index (κ1) is 19.6. The Labute approximate surface area is 162 Å². The van der Waals surface area contributed by atoms with Crippen molar-refractivity contribution in [3.63, 3.8) is 0 Å². The normalized spacial score (nSPS) is 16.6. The van der Waals surface area contributed by atoms with Crippen LogP contribution in [-0.2, 0) is 0 Å². The predicted octanol–water partition coefficient (Wildman–Crippen LogP) is 3.08. The van der Waals surface area contributed by atoms with E-state index in [4.69, 9.17) is 4.74 Å². The minimum atomic E-state index is -0.489. The summed E-state index contributed by atoms with van der Waals surface area (Å²) in [5.41, 5.74) is 2.58. The van der Waals surface area contributed by atoms with Gasteiger partial charge in [-0.1, -0.05) is 26.0 Å². The Hall–Kier alpha value is -2.11. The summed E-state index contributed by atoms with van der Waals surface area (Å²) in [4.78, 5) is 9.00. The lowest BCUT2D eigenvalue weighted by molar-refractivity contribution is 0.0662. The molecule has 0 unspecified atom stereocenters. The first-order valence-corrected chi connectivity index (χ1v) is 9.82. The molecule has 5 nitrogen and oxygen atoms in total. The Bertz CT molecular complexity index is 713. The second-order valence-electron chi connectivity index (χ2n) is 7.61. The van der Waals surface area contributed by atoms with Crippen LogP contribution >= 0.6 is 0 Å². The molecule has 0 radical (unpaired) electrons. The summed E-state index contributed by atoms with van der Waals surface area (Å²) in [5, 5.41) is 10.4. The third-order valence-corrected chi connectivity index (χ3v) is 5.12. The van der Waals surface area contributed by atoms with E-state index in [1.54, 1.807) is 0 Å². The van der Waals surface area contributed by atoms with Crippen molar-refractivity contribution in [2.75, 3.05) is 44.2 Å². The van der Waals surface area contributed by atoms with Gasteiger partial charge >= 0.3 is 0 Å². The highest BCUT2D eigenvalue weighted by Crippen LogP contribution is 2.23. The smallest absolute Gasteiger partial charge is 0.128 e. The molecule has 5 heteroatoms. The summed E-state index contributed by atoms with van der Waals surface area (Å²) in [6.45, 7) is 11.2. The lowest BCUT2D eigenvalue weighted by Crippen LogP contribution is -2.49. The van der Waals surface area contributed by atoms with Crippen LogP contribution in [-0.4, -0.2) is 60.4 Å². The molecule has 0 amide bonds. The second kappa shape index (κ2) is 9.20. The molecule has 3 rings (SSSR count). The van der Waals surface area contributed by atoms with Crippen LogP contribution in [0.2, 0.25) is 0 Å². The molecule has 2 aromatic rings. The van der Waals surface area contributed by atoms with Crippen LogP contribution in [0.5, 0.6) is 5.75 Å². The van der Waals surface area contributed by atoms with Crippen LogP contribution in [0, 0.1) is 6.92 Å². The fraction of sp³-hybridized carbons (Fsp3) is 0.500. The zero-order valence-corrected chi connectivity index (χ0v) is 16.6. The Morgan fingerprint density at radius 1 is 1.11 bits per heavy atom. The fourth-order valence-corrected chi connectivity index (χ4v) is 3.63. The maximum absolute atomic E-state index is 10.4. The largest absolute Gasteiger partial charge is 0.491 e. The Morgan fingerprint density at radius 2 is 1.89 bits per heavy atom. The van der Waals surface area contributed by atoms with E-state index in [1.807, 2.05) is 30.5 Å². The number of hydrogen-bond donors (Lipinski definition) is 1. The third kappa shape index (κ3) is 5.44. The first-order valence-electron chi connectivity index (χ1n) is 9.82. The fourth-order valence-electron chi connectivity index (χ4n) is 3.63. The Balaban J connectivity index is 1.42. The number of benzene rings is 1. The predicted molar refractivity (Wildman–Crippen MR) is 110 cm³/mol. The van der Waals surface area contributed by atoms with Crippen LogP contribution < -0.4 is 9.64 Å². The molecule has 1 aliphatic rings. The quantitative estimate of drug-likeness (QED) is 0.813. The number of aliphatic hydroxyl groups is 1. The van der Waals surface area contributed by atoms with Crippen molar-refractivity contribution < 1.29 is 9.84 Å². The van der Waals surface area contributed by atoms with Gasteiger partial charge in [-0.3, -0.25) is 4.90 Å². The highest BCUT2D eigenvalue weighted by Gasteiger charge is 2.20. The molecular formula is C22H31N3O2. The average molecular weight is 370 g/mol. The number of pyridine rings is 1. The van der Waals surface area contributed by atoms with Gasteiger partial charge in [0, 0.05) is 38.9 Å². The van der Waals surface area contributed by atoms with Crippen LogP contribution in [0.25, 0.3) is 0 Å². The number of ether oxygens (including phenoxy) is 1. The number of anilines is 1. The van der Waals surface area contributed by atoms with E-state index >= 15 is 0 Å². The maximum Gasteiger partial charge on any atom is 0.128 e. The Morgan fingerprint density at radius 3 is 2.52 bits per heavy atom. The van der Waals surface area contributed by atoms with E-state index < -0.39 is 6.10 Å². The van der Waals surface area contributed by atoms with E-state index in [1.165, 1.54) is 11.1 Å². The zero-order chi connectivity index (χ0) is 19.2. The lowest BCUT2D eigenvalue weighted by atomic mass is 9.98. The highest BCUT2D eigenvalue weighted by atomic mass is 16.5. The molecule has 27 heavy (non-hydrogen) atoms. The number of piperazine rings is 1. The van der Waals surface area contributed by atoms with Crippen molar-refractivity contribution in [2.24, 2.45) is 0 Å². The second-order valence-corrected chi connectivity index (χ2v) is 7.61. The molecule has 0 spiro atoms.